The maximum absolute atomic E-state index is 13.2. The zero-order valence-corrected chi connectivity index (χ0v) is 14.7. The van der Waals surface area contributed by atoms with Crippen molar-refractivity contribution in [2.24, 2.45) is 0 Å². The van der Waals surface area contributed by atoms with Gasteiger partial charge in [-0.25, -0.2) is 12.8 Å². The molecule has 0 saturated heterocycles. The van der Waals surface area contributed by atoms with E-state index < -0.39 is 15.8 Å². The molecular formula is C19H15ClFNO2S. The third-order valence-corrected chi connectivity index (χ3v) is 5.69. The van der Waals surface area contributed by atoms with E-state index in [1.165, 1.54) is 16.4 Å². The molecule has 0 aliphatic carbocycles. The fourth-order valence-corrected chi connectivity index (χ4v) is 4.06. The van der Waals surface area contributed by atoms with Crippen LogP contribution in [-0.4, -0.2) is 8.42 Å². The van der Waals surface area contributed by atoms with E-state index in [0.717, 1.165) is 17.7 Å². The summed E-state index contributed by atoms with van der Waals surface area (Å²) in [6, 6.07) is 20.6. The number of hydrogen-bond donors (Lipinski definition) is 0. The molecule has 0 aromatic heterocycles. The summed E-state index contributed by atoms with van der Waals surface area (Å²) in [7, 11) is -3.88. The van der Waals surface area contributed by atoms with Crippen LogP contribution >= 0.6 is 11.6 Å². The van der Waals surface area contributed by atoms with Crippen LogP contribution in [0.4, 0.5) is 10.1 Å². The third kappa shape index (κ3) is 4.00. The van der Waals surface area contributed by atoms with Gasteiger partial charge >= 0.3 is 0 Å². The Kier molecular flexibility index (Phi) is 5.06. The molecule has 6 heteroatoms. The van der Waals surface area contributed by atoms with Crippen LogP contribution in [0, 0.1) is 5.82 Å². The highest BCUT2D eigenvalue weighted by Gasteiger charge is 2.25. The molecule has 25 heavy (non-hydrogen) atoms. The van der Waals surface area contributed by atoms with Crippen molar-refractivity contribution in [2.75, 3.05) is 4.31 Å². The average molecular weight is 376 g/mol. The van der Waals surface area contributed by atoms with E-state index in [1.807, 2.05) is 30.3 Å². The molecule has 0 atom stereocenters. The molecule has 0 saturated carbocycles. The van der Waals surface area contributed by atoms with Crippen LogP contribution in [0.15, 0.2) is 83.8 Å². The first-order chi connectivity index (χ1) is 12.0. The molecular weight excluding hydrogens is 361 g/mol. The van der Waals surface area contributed by atoms with Crippen molar-refractivity contribution in [3.8, 4) is 0 Å². The van der Waals surface area contributed by atoms with E-state index in [0.29, 0.717) is 10.7 Å². The van der Waals surface area contributed by atoms with Crippen LogP contribution in [0.2, 0.25) is 5.02 Å². The summed E-state index contributed by atoms with van der Waals surface area (Å²) < 4.78 is 40.7. The summed E-state index contributed by atoms with van der Waals surface area (Å²) in [4.78, 5) is 0.0183. The molecule has 0 amide bonds. The fraction of sp³-hybridized carbons (Fsp3) is 0.0526. The first kappa shape index (κ1) is 17.5. The Morgan fingerprint density at radius 3 is 2.20 bits per heavy atom. The molecule has 0 aliphatic rings. The number of benzene rings is 3. The monoisotopic (exact) mass is 375 g/mol. The molecule has 3 nitrogen and oxygen atoms in total. The standard InChI is InChI=1S/C19H15ClFNO2S/c20-16-7-4-8-18(13-16)22(14-15-5-2-1-3-6-15)25(23,24)19-11-9-17(21)10-12-19/h1-13H,14H2. The molecule has 0 heterocycles. The number of anilines is 1. The normalized spacial score (nSPS) is 11.3. The van der Waals surface area contributed by atoms with E-state index in [9.17, 15) is 12.8 Å². The van der Waals surface area contributed by atoms with Gasteiger partial charge in [0.2, 0.25) is 0 Å². The molecule has 0 N–H and O–H groups in total. The van der Waals surface area contributed by atoms with Crippen molar-refractivity contribution in [2.45, 2.75) is 11.4 Å². The second-order valence-corrected chi connectivity index (χ2v) is 7.73. The zero-order chi connectivity index (χ0) is 17.9. The first-order valence-electron chi connectivity index (χ1n) is 7.54. The summed E-state index contributed by atoms with van der Waals surface area (Å²) in [5.41, 5.74) is 1.27. The lowest BCUT2D eigenvalue weighted by Crippen LogP contribution is -2.30. The first-order valence-corrected chi connectivity index (χ1v) is 9.36. The lowest BCUT2D eigenvalue weighted by molar-refractivity contribution is 0.589. The molecule has 3 aromatic carbocycles. The Balaban J connectivity index is 2.08. The fourth-order valence-electron chi connectivity index (χ4n) is 2.43. The van der Waals surface area contributed by atoms with Gasteiger partial charge in [0.05, 0.1) is 17.1 Å². The zero-order valence-electron chi connectivity index (χ0n) is 13.1. The minimum absolute atomic E-state index is 0.0183. The quantitative estimate of drug-likeness (QED) is 0.637. The van der Waals surface area contributed by atoms with Crippen LogP contribution in [0.5, 0.6) is 0 Å². The minimum atomic E-state index is -3.88. The van der Waals surface area contributed by atoms with Gasteiger partial charge in [0.15, 0.2) is 0 Å². The van der Waals surface area contributed by atoms with Gasteiger partial charge in [-0.3, -0.25) is 4.31 Å². The minimum Gasteiger partial charge on any atom is -0.262 e. The van der Waals surface area contributed by atoms with Crippen molar-refractivity contribution >= 4 is 27.3 Å². The highest BCUT2D eigenvalue weighted by molar-refractivity contribution is 7.92. The van der Waals surface area contributed by atoms with Gasteiger partial charge in [-0.15, -0.1) is 0 Å². The van der Waals surface area contributed by atoms with E-state index in [-0.39, 0.29) is 11.4 Å². The Bertz CT molecular complexity index is 960. The highest BCUT2D eigenvalue weighted by Crippen LogP contribution is 2.28. The predicted octanol–water partition coefficient (Wildman–Crippen LogP) is 4.87. The molecule has 0 spiro atoms. The number of sulfonamides is 1. The van der Waals surface area contributed by atoms with Crippen molar-refractivity contribution in [1.29, 1.82) is 0 Å². The van der Waals surface area contributed by atoms with Gasteiger partial charge in [0.1, 0.15) is 5.82 Å². The lowest BCUT2D eigenvalue weighted by atomic mass is 10.2. The summed E-state index contributed by atoms with van der Waals surface area (Å²) in [5.74, 6) is -0.490. The number of halogens is 2. The number of rotatable bonds is 5. The van der Waals surface area contributed by atoms with Crippen molar-refractivity contribution in [1.82, 2.24) is 0 Å². The second-order valence-electron chi connectivity index (χ2n) is 5.43. The summed E-state index contributed by atoms with van der Waals surface area (Å²) in [6.45, 7) is 0.140. The van der Waals surface area contributed by atoms with Gasteiger partial charge in [-0.05, 0) is 48.0 Å². The Morgan fingerprint density at radius 2 is 1.56 bits per heavy atom. The number of hydrogen-bond acceptors (Lipinski definition) is 2. The molecule has 0 radical (unpaired) electrons. The van der Waals surface area contributed by atoms with Crippen molar-refractivity contribution in [3.63, 3.8) is 0 Å². The SMILES string of the molecule is O=S(=O)(c1ccc(F)cc1)N(Cc1ccccc1)c1cccc(Cl)c1. The smallest absolute Gasteiger partial charge is 0.262 e. The second kappa shape index (κ2) is 7.25. The summed E-state index contributed by atoms with van der Waals surface area (Å²) >= 11 is 6.04. The van der Waals surface area contributed by atoms with Crippen LogP contribution in [0.25, 0.3) is 0 Å². The maximum Gasteiger partial charge on any atom is 0.264 e. The highest BCUT2D eigenvalue weighted by atomic mass is 35.5. The van der Waals surface area contributed by atoms with Crippen LogP contribution < -0.4 is 4.31 Å². The van der Waals surface area contributed by atoms with Crippen LogP contribution in [0.1, 0.15) is 5.56 Å². The van der Waals surface area contributed by atoms with Crippen LogP contribution in [0.3, 0.4) is 0 Å². The van der Waals surface area contributed by atoms with Crippen molar-refractivity contribution in [3.05, 3.63) is 95.3 Å². The largest absolute Gasteiger partial charge is 0.264 e. The average Bonchev–Trinajstić information content (AvgIpc) is 2.61. The summed E-state index contributed by atoms with van der Waals surface area (Å²) in [6.07, 6.45) is 0. The third-order valence-electron chi connectivity index (χ3n) is 3.67. The molecule has 0 aliphatic heterocycles. The molecule has 128 valence electrons. The lowest BCUT2D eigenvalue weighted by Gasteiger charge is -2.25. The van der Waals surface area contributed by atoms with E-state index >= 15 is 0 Å². The molecule has 3 aromatic rings. The van der Waals surface area contributed by atoms with E-state index in [4.69, 9.17) is 11.6 Å². The predicted molar refractivity (Wildman–Crippen MR) is 97.7 cm³/mol. The maximum atomic E-state index is 13.2. The van der Waals surface area contributed by atoms with E-state index in [1.54, 1.807) is 24.3 Å². The molecule has 0 fully saturated rings. The molecule has 3 rings (SSSR count). The number of nitrogens with zero attached hydrogens (tertiary/aromatic N) is 1. The van der Waals surface area contributed by atoms with Gasteiger partial charge in [-0.1, -0.05) is 48.0 Å². The molecule has 0 unspecified atom stereocenters. The Morgan fingerprint density at radius 1 is 0.880 bits per heavy atom. The topological polar surface area (TPSA) is 37.4 Å². The Labute approximate surface area is 151 Å². The van der Waals surface area contributed by atoms with Gasteiger partial charge in [-0.2, -0.15) is 0 Å². The van der Waals surface area contributed by atoms with Crippen LogP contribution in [-0.2, 0) is 16.6 Å². The Hall–Kier alpha value is -2.37. The molecule has 0 bridgehead atoms. The van der Waals surface area contributed by atoms with Crippen molar-refractivity contribution < 1.29 is 12.8 Å². The van der Waals surface area contributed by atoms with Gasteiger partial charge < -0.3 is 0 Å². The van der Waals surface area contributed by atoms with Gasteiger partial charge in [0, 0.05) is 5.02 Å². The van der Waals surface area contributed by atoms with E-state index in [2.05, 4.69) is 0 Å². The van der Waals surface area contributed by atoms with Gasteiger partial charge in [0.25, 0.3) is 10.0 Å². The summed E-state index contributed by atoms with van der Waals surface area (Å²) in [5, 5.41) is 0.435.